The zero-order chi connectivity index (χ0) is 20.6. The van der Waals surface area contributed by atoms with Crippen LogP contribution in [0.3, 0.4) is 0 Å². The fourth-order valence-electron chi connectivity index (χ4n) is 4.14. The molecule has 0 saturated heterocycles. The maximum absolute atomic E-state index is 6.62. The summed E-state index contributed by atoms with van der Waals surface area (Å²) in [5.74, 6) is 0. The minimum absolute atomic E-state index is 0.291. The van der Waals surface area contributed by atoms with Gasteiger partial charge in [-0.2, -0.15) is 0 Å². The number of H-pyrrole nitrogens is 1. The van der Waals surface area contributed by atoms with E-state index < -0.39 is 0 Å². The van der Waals surface area contributed by atoms with Gasteiger partial charge >= 0.3 is 0 Å². The third-order valence-corrected chi connectivity index (χ3v) is 5.24. The quantitative estimate of drug-likeness (QED) is 0.490. The molecule has 0 aliphatic carbocycles. The van der Waals surface area contributed by atoms with Crippen molar-refractivity contribution in [2.75, 3.05) is 0 Å². The van der Waals surface area contributed by atoms with Crippen molar-refractivity contribution in [1.29, 1.82) is 0 Å². The normalized spacial score (nSPS) is 13.0. The molecule has 1 aromatic heterocycles. The van der Waals surface area contributed by atoms with Crippen LogP contribution in [0.5, 0.6) is 0 Å². The van der Waals surface area contributed by atoms with Crippen LogP contribution in [0.25, 0.3) is 21.8 Å². The summed E-state index contributed by atoms with van der Waals surface area (Å²) < 4.78 is 0. The van der Waals surface area contributed by atoms with E-state index in [0.717, 1.165) is 21.9 Å². The number of aromatic nitrogens is 1. The molecule has 3 aromatic rings. The summed E-state index contributed by atoms with van der Waals surface area (Å²) in [4.78, 5) is 3.27. The molecule has 0 spiro atoms. The Morgan fingerprint density at radius 3 is 1.04 bits per heavy atom. The van der Waals surface area contributed by atoms with Crippen molar-refractivity contribution in [3.8, 4) is 0 Å². The Bertz CT molecular complexity index is 1010. The van der Waals surface area contributed by atoms with Crippen LogP contribution in [0, 0.1) is 0 Å². The second-order valence-corrected chi connectivity index (χ2v) is 9.36. The summed E-state index contributed by atoms with van der Waals surface area (Å²) in [6.07, 6.45) is 0. The number of aromatic amines is 1. The lowest BCUT2D eigenvalue weighted by atomic mass is 9.62. The molecule has 122 valence electrons. The Labute approximate surface area is 170 Å². The van der Waals surface area contributed by atoms with Crippen molar-refractivity contribution in [3.05, 3.63) is 11.1 Å². The molecule has 3 rings (SSSR count). The van der Waals surface area contributed by atoms with E-state index in [1.807, 2.05) is 41.5 Å². The number of hydrogen-bond acceptors (Lipinski definition) is 0. The molecule has 0 saturated carbocycles. The van der Waals surface area contributed by atoms with Crippen molar-refractivity contribution in [3.63, 3.8) is 0 Å². The van der Waals surface area contributed by atoms with E-state index in [4.69, 9.17) is 47.1 Å². The molecule has 27 heavy (non-hydrogen) atoms. The molecule has 1 N–H and O–H groups in total. The van der Waals surface area contributed by atoms with Gasteiger partial charge in [0, 0.05) is 11.0 Å². The van der Waals surface area contributed by atoms with E-state index in [0.29, 0.717) is 43.8 Å². The summed E-state index contributed by atoms with van der Waals surface area (Å²) in [5, 5.41) is 1.49. The van der Waals surface area contributed by atoms with Crippen molar-refractivity contribution < 1.29 is 0 Å². The molecule has 1 nitrogen and oxygen atoms in total. The molecule has 0 unspecified atom stereocenters. The highest BCUT2D eigenvalue weighted by atomic mass is 14.7. The zero-order valence-electron chi connectivity index (χ0n) is 17.0. The Morgan fingerprint density at radius 2 is 0.778 bits per heavy atom. The first-order valence-electron chi connectivity index (χ1n) is 8.98. The first-order valence-corrected chi connectivity index (χ1v) is 8.98. The average molecular weight is 338 g/mol. The maximum Gasteiger partial charge on any atom is 0.115 e. The van der Waals surface area contributed by atoms with Gasteiger partial charge in [-0.1, -0.05) is 85.4 Å². The Hall–Kier alpha value is -1.37. The molecular weight excluding hydrogens is 319 g/mol. The second-order valence-electron chi connectivity index (χ2n) is 9.36. The van der Waals surface area contributed by atoms with Crippen molar-refractivity contribution in [1.82, 2.24) is 4.98 Å². The van der Waals surface area contributed by atoms with Crippen molar-refractivity contribution >= 4 is 102 Å². The number of nitrogens with one attached hydrogen (secondary N) is 1. The molecule has 0 aliphatic rings. The molecule has 7 heteroatoms. The average Bonchev–Trinajstić information content (AvgIpc) is 2.89. The van der Waals surface area contributed by atoms with Crippen LogP contribution in [0.2, 0.25) is 0 Å². The molecule has 12 radical (unpaired) electrons. The Morgan fingerprint density at radius 1 is 0.481 bits per heavy atom. The summed E-state index contributed by atoms with van der Waals surface area (Å²) >= 11 is 0. The van der Waals surface area contributed by atoms with E-state index in [1.54, 1.807) is 0 Å². The summed E-state index contributed by atoms with van der Waals surface area (Å²) in [5.41, 5.74) is 5.25. The minimum atomic E-state index is -0.291. The van der Waals surface area contributed by atoms with Crippen molar-refractivity contribution in [2.24, 2.45) is 0 Å². The Balaban J connectivity index is 2.69. The van der Waals surface area contributed by atoms with E-state index in [-0.39, 0.29) is 10.8 Å². The summed E-state index contributed by atoms with van der Waals surface area (Å²) in [7, 11) is 38.7. The summed E-state index contributed by atoms with van der Waals surface area (Å²) in [6, 6.07) is 0. The van der Waals surface area contributed by atoms with Gasteiger partial charge in [0.05, 0.1) is 0 Å². The number of hydrogen-bond donors (Lipinski definition) is 1. The molecule has 0 atom stereocenters. The highest BCUT2D eigenvalue weighted by Crippen LogP contribution is 2.27. The Kier molecular flexibility index (Phi) is 4.57. The third kappa shape index (κ3) is 2.84. The molecule has 2 aromatic carbocycles. The molecule has 0 fully saturated rings. The van der Waals surface area contributed by atoms with Gasteiger partial charge < -0.3 is 4.98 Å². The number of benzene rings is 2. The predicted octanol–water partition coefficient (Wildman–Crippen LogP) is -1.32. The van der Waals surface area contributed by atoms with Crippen LogP contribution in [-0.2, 0) is 10.8 Å². The van der Waals surface area contributed by atoms with E-state index in [9.17, 15) is 0 Å². The predicted molar refractivity (Wildman–Crippen MR) is 126 cm³/mol. The van der Waals surface area contributed by atoms with Gasteiger partial charge in [0.2, 0.25) is 0 Å². The fraction of sp³-hybridized carbons (Fsp3) is 0.400. The second kappa shape index (κ2) is 6.06. The monoisotopic (exact) mass is 339 g/mol. The molecular formula is C20H19B6N. The highest BCUT2D eigenvalue weighted by molar-refractivity contribution is 6.62. The van der Waals surface area contributed by atoms with Gasteiger partial charge in [-0.3, -0.25) is 0 Å². The molecule has 0 bridgehead atoms. The van der Waals surface area contributed by atoms with Crippen LogP contribution in [-0.4, -0.2) is 52.1 Å². The van der Waals surface area contributed by atoms with E-state index in [2.05, 4.69) is 4.98 Å². The lowest BCUT2D eigenvalue weighted by molar-refractivity contribution is 0.598. The highest BCUT2D eigenvalue weighted by Gasteiger charge is 2.27. The van der Waals surface area contributed by atoms with Crippen LogP contribution in [0.1, 0.15) is 52.7 Å². The largest absolute Gasteiger partial charge is 0.356 e. The van der Waals surface area contributed by atoms with E-state index >= 15 is 0 Å². The van der Waals surface area contributed by atoms with E-state index in [1.165, 1.54) is 0 Å². The smallest absolute Gasteiger partial charge is 0.115 e. The van der Waals surface area contributed by atoms with Gasteiger partial charge in [-0.05, 0) is 21.6 Å². The zero-order valence-corrected chi connectivity index (χ0v) is 17.0. The van der Waals surface area contributed by atoms with Gasteiger partial charge in [0.1, 0.15) is 47.1 Å². The van der Waals surface area contributed by atoms with Gasteiger partial charge in [-0.15, -0.1) is 0 Å². The SMILES string of the molecule is [B]c1c(C(C)(C)C)c([B])c2c([nH]c3c([B])c([B])c(C(C)(C)C)c([B])c32)c1[B]. The standard InChI is InChI=1S/C20H19B6N/c1-19(2,3)9-11(21)7-8-12(22)10(20(4,5)6)14(24)16(26)18(8)27-17(7)15(25)13(9)23/h27H,1-6H3. The first-order chi connectivity index (χ1) is 12.2. The molecule has 1 heterocycles. The lowest BCUT2D eigenvalue weighted by Gasteiger charge is -2.29. The van der Waals surface area contributed by atoms with Crippen LogP contribution >= 0.6 is 0 Å². The third-order valence-electron chi connectivity index (χ3n) is 5.24. The van der Waals surface area contributed by atoms with Crippen LogP contribution in [0.4, 0.5) is 0 Å². The maximum atomic E-state index is 6.62. The van der Waals surface area contributed by atoms with Crippen LogP contribution < -0.4 is 32.8 Å². The number of fused-ring (bicyclic) bond motifs is 3. The minimum Gasteiger partial charge on any atom is -0.356 e. The first kappa shape index (κ1) is 20.4. The lowest BCUT2D eigenvalue weighted by Crippen LogP contribution is -2.42. The summed E-state index contributed by atoms with van der Waals surface area (Å²) in [6.45, 7) is 12.3. The van der Waals surface area contributed by atoms with Crippen molar-refractivity contribution in [2.45, 2.75) is 52.4 Å². The molecule has 0 amide bonds. The van der Waals surface area contributed by atoms with Gasteiger partial charge in [-0.25, -0.2) is 0 Å². The molecule has 0 aliphatic heterocycles. The van der Waals surface area contributed by atoms with Gasteiger partial charge in [0.25, 0.3) is 0 Å². The fourth-order valence-corrected chi connectivity index (χ4v) is 4.14. The topological polar surface area (TPSA) is 15.8 Å². The van der Waals surface area contributed by atoms with Crippen LogP contribution in [0.15, 0.2) is 0 Å². The number of rotatable bonds is 0. The van der Waals surface area contributed by atoms with Gasteiger partial charge in [0.15, 0.2) is 0 Å².